The number of nitrogens with one attached hydrogen (secondary N) is 1. The highest BCUT2D eigenvalue weighted by Gasteiger charge is 2.33. The fraction of sp³-hybridized carbons (Fsp3) is 0.200. The van der Waals surface area contributed by atoms with Crippen molar-refractivity contribution in [1.82, 2.24) is 15.3 Å². The Labute approximate surface area is 216 Å². The van der Waals surface area contributed by atoms with Crippen LogP contribution in [0, 0.1) is 6.92 Å². The van der Waals surface area contributed by atoms with Gasteiger partial charge in [-0.2, -0.15) is 0 Å². The Morgan fingerprint density at radius 3 is 2.58 bits per heavy atom. The molecule has 1 amide bonds. The van der Waals surface area contributed by atoms with E-state index in [0.717, 1.165) is 11.1 Å². The molecule has 11 heteroatoms. The third-order valence-electron chi connectivity index (χ3n) is 5.25. The molecule has 7 nitrogen and oxygen atoms in total. The monoisotopic (exact) mass is 528 g/mol. The molecule has 0 saturated carbocycles. The second kappa shape index (κ2) is 11.0. The molecule has 186 valence electrons. The van der Waals surface area contributed by atoms with E-state index in [1.54, 1.807) is 44.4 Å². The van der Waals surface area contributed by atoms with Crippen LogP contribution in [-0.4, -0.2) is 35.2 Å². The molecule has 1 saturated heterocycles. The van der Waals surface area contributed by atoms with Gasteiger partial charge in [-0.15, -0.1) is 0 Å². The Bertz CT molecular complexity index is 1350. The van der Waals surface area contributed by atoms with Crippen LogP contribution in [0.3, 0.4) is 0 Å². The number of carbonyl (C=O) groups excluding carboxylic acids is 1. The Kier molecular flexibility index (Phi) is 7.80. The molecule has 2 heterocycles. The molecule has 2 aromatic carbocycles. The van der Waals surface area contributed by atoms with Crippen LogP contribution >= 0.6 is 24.0 Å². The Balaban J connectivity index is 1.58. The van der Waals surface area contributed by atoms with Crippen LogP contribution in [0.4, 0.5) is 14.5 Å². The van der Waals surface area contributed by atoms with Crippen molar-refractivity contribution < 1.29 is 23.0 Å². The van der Waals surface area contributed by atoms with Gasteiger partial charge in [-0.3, -0.25) is 4.79 Å². The summed E-state index contributed by atoms with van der Waals surface area (Å²) >= 11 is 6.63. The fourth-order valence-electron chi connectivity index (χ4n) is 3.62. The van der Waals surface area contributed by atoms with Crippen LogP contribution in [0.5, 0.6) is 11.5 Å². The van der Waals surface area contributed by atoms with E-state index in [1.807, 2.05) is 18.2 Å². The molecule has 0 spiro atoms. The van der Waals surface area contributed by atoms with Gasteiger partial charge in [0.05, 0.1) is 19.9 Å². The van der Waals surface area contributed by atoms with Crippen molar-refractivity contribution in [2.24, 2.45) is 0 Å². The third-order valence-corrected chi connectivity index (χ3v) is 6.43. The Morgan fingerprint density at radius 2 is 1.86 bits per heavy atom. The fourth-order valence-corrected chi connectivity index (χ4v) is 4.80. The number of carbonyl (C=O) groups is 1. The first-order valence-corrected chi connectivity index (χ1v) is 12.1. The number of amides is 1. The van der Waals surface area contributed by atoms with Crippen molar-refractivity contribution in [3.8, 4) is 11.5 Å². The summed E-state index contributed by atoms with van der Waals surface area (Å²) < 4.78 is 37.1. The minimum Gasteiger partial charge on any atom is -0.496 e. The van der Waals surface area contributed by atoms with Gasteiger partial charge < -0.3 is 14.8 Å². The quantitative estimate of drug-likeness (QED) is 0.183. The van der Waals surface area contributed by atoms with Crippen LogP contribution < -0.4 is 19.7 Å². The van der Waals surface area contributed by atoms with E-state index >= 15 is 0 Å². The van der Waals surface area contributed by atoms with Gasteiger partial charge >= 0.3 is 0 Å². The Hall–Kier alpha value is -3.57. The molecule has 0 bridgehead atoms. The molecule has 1 N–H and O–H groups in total. The molecule has 36 heavy (non-hydrogen) atoms. The number of thiocarbonyl (C=S) groups is 1. The number of hydrogen-bond donors (Lipinski definition) is 1. The van der Waals surface area contributed by atoms with Crippen molar-refractivity contribution in [1.29, 1.82) is 0 Å². The zero-order valence-electron chi connectivity index (χ0n) is 19.6. The summed E-state index contributed by atoms with van der Waals surface area (Å²) in [6.45, 7) is 1.65. The predicted octanol–water partition coefficient (Wildman–Crippen LogP) is 5.29. The number of para-hydroxylation sites is 2. The van der Waals surface area contributed by atoms with Crippen LogP contribution in [-0.2, 0) is 10.5 Å². The van der Waals surface area contributed by atoms with Gasteiger partial charge in [0, 0.05) is 17.0 Å². The summed E-state index contributed by atoms with van der Waals surface area (Å²) in [5.41, 5.74) is 2.52. The molecule has 1 aliphatic heterocycles. The zero-order chi connectivity index (χ0) is 25.8. The van der Waals surface area contributed by atoms with Gasteiger partial charge in [0.15, 0.2) is 10.3 Å². The van der Waals surface area contributed by atoms with Gasteiger partial charge in [0.25, 0.3) is 12.3 Å². The maximum absolute atomic E-state index is 13.2. The van der Waals surface area contributed by atoms with Crippen molar-refractivity contribution in [2.45, 2.75) is 24.3 Å². The third kappa shape index (κ3) is 5.47. The van der Waals surface area contributed by atoms with Gasteiger partial charge in [0.1, 0.15) is 22.9 Å². The first kappa shape index (κ1) is 25.5. The van der Waals surface area contributed by atoms with Gasteiger partial charge in [-0.05, 0) is 61.1 Å². The standard InChI is InChI=1S/C25H22F2N4O3S2/c1-14-10-17(22(26)27)29-24(28-14)36-13-16-11-15(8-9-20(16)33-2)12-18-23(32)31(25(35)30-18)19-6-4-5-7-21(19)34-3/h4-12,22H,13H2,1-3H3,(H,30,35)/b18-12+. The maximum Gasteiger partial charge on any atom is 0.281 e. The molecule has 4 rings (SSSR count). The second-order valence-corrected chi connectivity index (χ2v) is 9.01. The lowest BCUT2D eigenvalue weighted by Gasteiger charge is -2.17. The smallest absolute Gasteiger partial charge is 0.281 e. The molecule has 1 aliphatic rings. The lowest BCUT2D eigenvalue weighted by Crippen LogP contribution is -2.30. The van der Waals surface area contributed by atoms with E-state index in [-0.39, 0.29) is 21.9 Å². The number of ether oxygens (including phenoxy) is 2. The van der Waals surface area contributed by atoms with Crippen molar-refractivity contribution >= 4 is 46.8 Å². The predicted molar refractivity (Wildman–Crippen MR) is 138 cm³/mol. The van der Waals surface area contributed by atoms with E-state index in [1.165, 1.54) is 29.8 Å². The van der Waals surface area contributed by atoms with Gasteiger partial charge in [-0.1, -0.05) is 30.0 Å². The number of anilines is 1. The molecule has 0 unspecified atom stereocenters. The highest BCUT2D eigenvalue weighted by molar-refractivity contribution is 7.98. The summed E-state index contributed by atoms with van der Waals surface area (Å²) in [4.78, 5) is 22.7. The van der Waals surface area contributed by atoms with Crippen LogP contribution in [0.15, 0.2) is 59.4 Å². The lowest BCUT2D eigenvalue weighted by atomic mass is 10.1. The largest absolute Gasteiger partial charge is 0.496 e. The molecular weight excluding hydrogens is 506 g/mol. The second-order valence-electron chi connectivity index (χ2n) is 7.68. The summed E-state index contributed by atoms with van der Waals surface area (Å²) in [7, 11) is 3.07. The maximum atomic E-state index is 13.2. The topological polar surface area (TPSA) is 76.6 Å². The van der Waals surface area contributed by atoms with Crippen LogP contribution in [0.25, 0.3) is 6.08 Å². The highest BCUT2D eigenvalue weighted by atomic mass is 32.2. The van der Waals surface area contributed by atoms with Crippen molar-refractivity contribution in [2.75, 3.05) is 19.1 Å². The first-order valence-electron chi connectivity index (χ1n) is 10.7. The average molecular weight is 529 g/mol. The highest BCUT2D eigenvalue weighted by Crippen LogP contribution is 2.32. The first-order chi connectivity index (χ1) is 17.3. The Morgan fingerprint density at radius 1 is 1.11 bits per heavy atom. The number of alkyl halides is 2. The number of nitrogens with zero attached hydrogens (tertiary/aromatic N) is 3. The molecule has 3 aromatic rings. The number of methoxy groups -OCH3 is 2. The van der Waals surface area contributed by atoms with E-state index < -0.39 is 6.43 Å². The number of rotatable bonds is 8. The van der Waals surface area contributed by atoms with E-state index in [2.05, 4.69) is 15.3 Å². The lowest BCUT2D eigenvalue weighted by molar-refractivity contribution is -0.113. The summed E-state index contributed by atoms with van der Waals surface area (Å²) in [6, 6.07) is 13.8. The number of halogens is 2. The van der Waals surface area contributed by atoms with Gasteiger partial charge in [0.2, 0.25) is 0 Å². The molecular formula is C25H22F2N4O3S2. The van der Waals surface area contributed by atoms with Crippen molar-refractivity contribution in [3.63, 3.8) is 0 Å². The van der Waals surface area contributed by atoms with Gasteiger partial charge in [-0.25, -0.2) is 23.6 Å². The summed E-state index contributed by atoms with van der Waals surface area (Å²) in [5, 5.41) is 3.46. The van der Waals surface area contributed by atoms with Crippen LogP contribution in [0.1, 0.15) is 28.9 Å². The number of thioether (sulfide) groups is 1. The SMILES string of the molecule is COc1ccc(/C=C2/NC(=S)N(c3ccccc3OC)C2=O)cc1CSc1nc(C)cc(C(F)F)n1. The van der Waals surface area contributed by atoms with E-state index in [9.17, 15) is 13.6 Å². The number of benzene rings is 2. The van der Waals surface area contributed by atoms with E-state index in [0.29, 0.717) is 34.3 Å². The molecule has 0 atom stereocenters. The van der Waals surface area contributed by atoms with Crippen molar-refractivity contribution in [3.05, 3.63) is 76.7 Å². The van der Waals surface area contributed by atoms with E-state index in [4.69, 9.17) is 21.7 Å². The zero-order valence-corrected chi connectivity index (χ0v) is 21.3. The minimum absolute atomic E-state index is 0.242. The number of hydrogen-bond acceptors (Lipinski definition) is 7. The molecule has 1 aromatic heterocycles. The molecule has 0 aliphatic carbocycles. The van der Waals surface area contributed by atoms with Crippen LogP contribution in [0.2, 0.25) is 0 Å². The summed E-state index contributed by atoms with van der Waals surface area (Å²) in [5.74, 6) is 1.19. The summed E-state index contributed by atoms with van der Waals surface area (Å²) in [6.07, 6.45) is -0.982. The average Bonchev–Trinajstić information content (AvgIpc) is 3.14. The molecule has 0 radical (unpaired) electrons. The normalized spacial score (nSPS) is 14.5. The number of aromatic nitrogens is 2. The molecule has 1 fully saturated rings. The number of aryl methyl sites for hydroxylation is 1. The minimum atomic E-state index is -2.67.